The molecule has 0 spiro atoms. The van der Waals surface area contributed by atoms with Gasteiger partial charge in [0.15, 0.2) is 0 Å². The third kappa shape index (κ3) is 1.85. The summed E-state index contributed by atoms with van der Waals surface area (Å²) in [6.07, 6.45) is 4.70. The van der Waals surface area contributed by atoms with Gasteiger partial charge in [0.1, 0.15) is 0 Å². The lowest BCUT2D eigenvalue weighted by Gasteiger charge is -1.97. The van der Waals surface area contributed by atoms with Crippen LogP contribution in [0, 0.1) is 0 Å². The number of nitrogens with zero attached hydrogens (tertiary/aromatic N) is 3. The van der Waals surface area contributed by atoms with Gasteiger partial charge in [-0.25, -0.2) is 4.79 Å². The molecule has 5 nitrogen and oxygen atoms in total. The fourth-order valence-electron chi connectivity index (χ4n) is 1.27. The number of hydrogen-bond acceptors (Lipinski definition) is 3. The third-order valence-electron chi connectivity index (χ3n) is 1.99. The largest absolute Gasteiger partial charge is 0.478 e. The first-order valence-corrected chi connectivity index (χ1v) is 4.35. The van der Waals surface area contributed by atoms with Gasteiger partial charge in [-0.15, -0.1) is 0 Å². The van der Waals surface area contributed by atoms with Gasteiger partial charge in [-0.2, -0.15) is 5.10 Å². The van der Waals surface area contributed by atoms with Crippen molar-refractivity contribution in [1.82, 2.24) is 14.8 Å². The summed E-state index contributed by atoms with van der Waals surface area (Å²) in [5, 5.41) is 13.0. The summed E-state index contributed by atoms with van der Waals surface area (Å²) >= 11 is 0. The van der Waals surface area contributed by atoms with E-state index in [0.29, 0.717) is 11.3 Å². The van der Waals surface area contributed by atoms with Crippen molar-refractivity contribution < 1.29 is 9.90 Å². The fraction of sp³-hybridized carbons (Fsp3) is 0.100. The van der Waals surface area contributed by atoms with Crippen LogP contribution in [0.4, 0.5) is 0 Å². The number of carboxylic acid groups (broad SMARTS) is 1. The van der Waals surface area contributed by atoms with E-state index in [4.69, 9.17) is 5.11 Å². The highest BCUT2D eigenvalue weighted by Crippen LogP contribution is 2.16. The smallest absolute Gasteiger partial charge is 0.337 e. The number of carboxylic acids is 1. The Morgan fingerprint density at radius 3 is 2.87 bits per heavy atom. The Bertz CT molecular complexity index is 505. The highest BCUT2D eigenvalue weighted by atomic mass is 16.4. The van der Waals surface area contributed by atoms with Gasteiger partial charge in [0.2, 0.25) is 0 Å². The van der Waals surface area contributed by atoms with Gasteiger partial charge in [-0.05, 0) is 12.1 Å². The van der Waals surface area contributed by atoms with Crippen molar-refractivity contribution in [1.29, 1.82) is 0 Å². The summed E-state index contributed by atoms with van der Waals surface area (Å²) in [6.45, 7) is 0. The van der Waals surface area contributed by atoms with Crippen molar-refractivity contribution in [2.75, 3.05) is 0 Å². The van der Waals surface area contributed by atoms with Crippen LogP contribution in [-0.2, 0) is 7.05 Å². The Morgan fingerprint density at radius 1 is 1.47 bits per heavy atom. The summed E-state index contributed by atoms with van der Waals surface area (Å²) in [6, 6.07) is 3.36. The lowest BCUT2D eigenvalue weighted by molar-refractivity contribution is 0.0696. The molecule has 0 saturated carbocycles. The topological polar surface area (TPSA) is 68.0 Å². The molecule has 0 amide bonds. The monoisotopic (exact) mass is 203 g/mol. The zero-order chi connectivity index (χ0) is 10.8. The van der Waals surface area contributed by atoms with E-state index in [1.807, 2.05) is 6.07 Å². The molecule has 0 unspecified atom stereocenters. The predicted molar refractivity (Wildman–Crippen MR) is 53.4 cm³/mol. The van der Waals surface area contributed by atoms with Gasteiger partial charge in [-0.3, -0.25) is 9.67 Å². The lowest BCUT2D eigenvalue weighted by Crippen LogP contribution is -1.97. The molecule has 2 aromatic rings. The Balaban J connectivity index is 2.45. The molecule has 0 saturated heterocycles. The van der Waals surface area contributed by atoms with Crippen molar-refractivity contribution in [3.05, 3.63) is 36.3 Å². The van der Waals surface area contributed by atoms with Gasteiger partial charge >= 0.3 is 5.97 Å². The van der Waals surface area contributed by atoms with Crippen LogP contribution >= 0.6 is 0 Å². The number of rotatable bonds is 2. The summed E-state index contributed by atoms with van der Waals surface area (Å²) in [5.41, 5.74) is 1.58. The van der Waals surface area contributed by atoms with Crippen molar-refractivity contribution in [3.8, 4) is 11.3 Å². The average molecular weight is 203 g/mol. The van der Waals surface area contributed by atoms with E-state index in [0.717, 1.165) is 0 Å². The fourth-order valence-corrected chi connectivity index (χ4v) is 1.27. The van der Waals surface area contributed by atoms with Crippen LogP contribution in [0.3, 0.4) is 0 Å². The molecule has 2 aromatic heterocycles. The van der Waals surface area contributed by atoms with E-state index >= 15 is 0 Å². The summed E-state index contributed by atoms with van der Waals surface area (Å²) in [4.78, 5) is 14.6. The molecule has 0 bridgehead atoms. The first-order valence-electron chi connectivity index (χ1n) is 4.35. The van der Waals surface area contributed by atoms with Crippen molar-refractivity contribution in [2.24, 2.45) is 7.05 Å². The normalized spacial score (nSPS) is 10.2. The molecule has 5 heteroatoms. The van der Waals surface area contributed by atoms with Gasteiger partial charge < -0.3 is 5.11 Å². The molecule has 0 atom stereocenters. The highest BCUT2D eigenvalue weighted by molar-refractivity contribution is 5.88. The second-order valence-electron chi connectivity index (χ2n) is 3.14. The Kier molecular flexibility index (Phi) is 2.21. The molecule has 0 aliphatic heterocycles. The molecule has 0 fully saturated rings. The van der Waals surface area contributed by atoms with Gasteiger partial charge in [0.05, 0.1) is 11.3 Å². The second-order valence-corrected chi connectivity index (χ2v) is 3.14. The minimum atomic E-state index is -0.986. The van der Waals surface area contributed by atoms with Crippen LogP contribution in [0.15, 0.2) is 30.7 Å². The summed E-state index contributed by atoms with van der Waals surface area (Å²) < 4.78 is 1.66. The van der Waals surface area contributed by atoms with Crippen LogP contribution in [0.1, 0.15) is 10.4 Å². The number of aryl methyl sites for hydroxylation is 1. The van der Waals surface area contributed by atoms with Gasteiger partial charge in [0, 0.05) is 31.2 Å². The maximum atomic E-state index is 10.7. The molecule has 0 aliphatic carbocycles. The van der Waals surface area contributed by atoms with Crippen molar-refractivity contribution in [3.63, 3.8) is 0 Å². The molecule has 2 heterocycles. The number of aromatic carboxylic acids is 1. The molecular formula is C10H9N3O2. The van der Waals surface area contributed by atoms with Crippen LogP contribution in [0.5, 0.6) is 0 Å². The van der Waals surface area contributed by atoms with E-state index in [2.05, 4.69) is 10.1 Å². The number of pyridine rings is 1. The average Bonchev–Trinajstić information content (AvgIpc) is 2.65. The first-order chi connectivity index (χ1) is 7.16. The predicted octanol–water partition coefficient (Wildman–Crippen LogP) is 1.18. The van der Waals surface area contributed by atoms with E-state index in [1.54, 1.807) is 30.2 Å². The quantitative estimate of drug-likeness (QED) is 0.795. The van der Waals surface area contributed by atoms with E-state index < -0.39 is 5.97 Å². The van der Waals surface area contributed by atoms with Gasteiger partial charge in [0.25, 0.3) is 0 Å². The van der Waals surface area contributed by atoms with Crippen LogP contribution in [0.25, 0.3) is 11.3 Å². The second kappa shape index (κ2) is 3.53. The minimum absolute atomic E-state index is 0.165. The molecule has 2 rings (SSSR count). The molecule has 1 N–H and O–H groups in total. The zero-order valence-corrected chi connectivity index (χ0v) is 8.08. The Morgan fingerprint density at radius 2 is 2.27 bits per heavy atom. The third-order valence-corrected chi connectivity index (χ3v) is 1.99. The minimum Gasteiger partial charge on any atom is -0.478 e. The number of hydrogen-bond donors (Lipinski definition) is 1. The van der Waals surface area contributed by atoms with Gasteiger partial charge in [-0.1, -0.05) is 0 Å². The lowest BCUT2D eigenvalue weighted by atomic mass is 10.1. The molecular weight excluding hydrogens is 194 g/mol. The van der Waals surface area contributed by atoms with Crippen molar-refractivity contribution >= 4 is 5.97 Å². The number of aromatic nitrogens is 3. The molecule has 0 aliphatic rings. The van der Waals surface area contributed by atoms with Crippen LogP contribution in [-0.4, -0.2) is 25.8 Å². The zero-order valence-electron chi connectivity index (χ0n) is 8.08. The summed E-state index contributed by atoms with van der Waals surface area (Å²) in [5.74, 6) is -0.986. The molecule has 0 radical (unpaired) electrons. The van der Waals surface area contributed by atoms with Crippen LogP contribution in [0.2, 0.25) is 0 Å². The maximum absolute atomic E-state index is 10.7. The van der Waals surface area contributed by atoms with E-state index in [9.17, 15) is 4.79 Å². The first kappa shape index (κ1) is 9.39. The molecule has 76 valence electrons. The standard InChI is InChI=1S/C10H9N3O2/c1-13-3-2-9(12-13)7-4-8(10(14)15)6-11-5-7/h2-6H,1H3,(H,14,15). The highest BCUT2D eigenvalue weighted by Gasteiger charge is 2.06. The summed E-state index contributed by atoms with van der Waals surface area (Å²) in [7, 11) is 1.80. The number of carbonyl (C=O) groups is 1. The SMILES string of the molecule is Cn1ccc(-c2cncc(C(=O)O)c2)n1. The van der Waals surface area contributed by atoms with E-state index in [-0.39, 0.29) is 5.56 Å². The molecule has 15 heavy (non-hydrogen) atoms. The molecule has 0 aromatic carbocycles. The van der Waals surface area contributed by atoms with Crippen LogP contribution < -0.4 is 0 Å². The van der Waals surface area contributed by atoms with E-state index in [1.165, 1.54) is 6.20 Å². The van der Waals surface area contributed by atoms with Crippen molar-refractivity contribution in [2.45, 2.75) is 0 Å². The Labute approximate surface area is 86.0 Å². The Hall–Kier alpha value is -2.17. The maximum Gasteiger partial charge on any atom is 0.337 e.